The van der Waals surface area contributed by atoms with E-state index >= 15 is 4.39 Å². The summed E-state index contributed by atoms with van der Waals surface area (Å²) < 4.78 is 19.1. The van der Waals surface area contributed by atoms with Crippen LogP contribution in [0.5, 0.6) is 0 Å². The molecule has 7 heteroatoms. The van der Waals surface area contributed by atoms with Gasteiger partial charge in [0.05, 0.1) is 24.2 Å². The van der Waals surface area contributed by atoms with Crippen molar-refractivity contribution in [2.75, 3.05) is 7.05 Å². The van der Waals surface area contributed by atoms with Gasteiger partial charge in [0.2, 0.25) is 0 Å². The van der Waals surface area contributed by atoms with E-state index in [0.717, 1.165) is 5.30 Å². The molecular weight excluding hydrogens is 804 g/mol. The predicted molar refractivity (Wildman–Crippen MR) is 278 cm³/mol. The van der Waals surface area contributed by atoms with E-state index < -0.39 is 40.4 Å². The summed E-state index contributed by atoms with van der Waals surface area (Å²) >= 11 is 0. The molecule has 0 aliphatic rings. The van der Waals surface area contributed by atoms with Gasteiger partial charge in [-0.3, -0.25) is 0 Å². The minimum atomic E-state index is -1.74. The van der Waals surface area contributed by atoms with E-state index in [2.05, 4.69) is 152 Å². The van der Waals surface area contributed by atoms with Gasteiger partial charge in [0.15, 0.2) is 0 Å². The maximum absolute atomic E-state index is 16.4. The van der Waals surface area contributed by atoms with E-state index in [0.29, 0.717) is 0 Å². The summed E-state index contributed by atoms with van der Waals surface area (Å²) in [6.45, 7) is 21.6. The van der Waals surface area contributed by atoms with Gasteiger partial charge >= 0.3 is 0 Å². The first kappa shape index (κ1) is 49.9. The Balaban J connectivity index is 1.94. The lowest BCUT2D eigenvalue weighted by Crippen LogP contribution is -2.49. The van der Waals surface area contributed by atoms with Crippen molar-refractivity contribution >= 4 is 77.1 Å². The highest BCUT2D eigenvalue weighted by molar-refractivity contribution is 7.85. The Bertz CT molecular complexity index is 1750. The summed E-state index contributed by atoms with van der Waals surface area (Å²) in [5.41, 5.74) is 0. The monoisotopic (exact) mass is 886 g/mol. The fourth-order valence-corrected chi connectivity index (χ4v) is 29.1. The van der Waals surface area contributed by atoms with Gasteiger partial charge in [-0.2, -0.15) is 0 Å². The molecule has 0 bridgehead atoms. The van der Waals surface area contributed by atoms with Crippen LogP contribution in [-0.2, 0) is 0 Å². The summed E-state index contributed by atoms with van der Waals surface area (Å²) in [4.78, 5) is 0. The summed E-state index contributed by atoms with van der Waals surface area (Å²) in [6.07, 6.45) is 15.6. The number of hydrogen-bond acceptors (Lipinski definition) is 1. The molecule has 0 amide bonds. The first-order valence-corrected chi connectivity index (χ1v) is 35.2. The van der Waals surface area contributed by atoms with Crippen molar-refractivity contribution in [2.24, 2.45) is 0 Å². The minimum Gasteiger partial charge on any atom is -0.248 e. The largest absolute Gasteiger partial charge is 0.248 e. The smallest absolute Gasteiger partial charge is 0.132 e. The van der Waals surface area contributed by atoms with Gasteiger partial charge in [-0.25, -0.2) is 8.83 Å². The van der Waals surface area contributed by atoms with Gasteiger partial charge in [0.25, 0.3) is 0 Å². The van der Waals surface area contributed by atoms with E-state index in [4.69, 9.17) is 0 Å². The van der Waals surface area contributed by atoms with E-state index in [9.17, 15) is 0 Å². The van der Waals surface area contributed by atoms with Crippen molar-refractivity contribution in [1.82, 2.24) is 4.44 Å². The standard InChI is InChI=1S/C52H82FNP2Si3/c1-11-17-39-58(40-18-12-2,41-19-13-3)47-35-31-45(32-36-47)55(50-28-24-23-27-49(50)53)54(7)56(51-29-25-26-30-52(51)57(8,9)10)46-33-37-48(38-34-46)59(42-20-14-4,43-21-15-5)44-22-16-6/h23-38H,11-22,39-44H2,1-10H3. The van der Waals surface area contributed by atoms with Gasteiger partial charge in [-0.15, -0.1) is 0 Å². The molecule has 0 fully saturated rings. The third-order valence-corrected chi connectivity index (χ3v) is 31.8. The highest BCUT2D eigenvalue weighted by Gasteiger charge is 2.37. The first-order chi connectivity index (χ1) is 28.5. The van der Waals surface area contributed by atoms with Gasteiger partial charge in [-0.1, -0.05) is 275 Å². The molecule has 4 aromatic rings. The molecule has 0 aromatic heterocycles. The lowest BCUT2D eigenvalue weighted by atomic mass is 10.3. The molecule has 0 saturated heterocycles. The molecule has 0 aliphatic carbocycles. The third-order valence-electron chi connectivity index (χ3n) is 13.1. The number of unbranched alkanes of at least 4 members (excludes halogenated alkanes) is 6. The average molecular weight is 886 g/mol. The topological polar surface area (TPSA) is 3.24 Å². The van der Waals surface area contributed by atoms with Crippen molar-refractivity contribution in [1.29, 1.82) is 0 Å². The van der Waals surface area contributed by atoms with E-state index in [1.807, 2.05) is 12.1 Å². The van der Waals surface area contributed by atoms with Crippen LogP contribution < -0.4 is 36.8 Å². The van der Waals surface area contributed by atoms with Crippen molar-refractivity contribution in [2.45, 2.75) is 174 Å². The summed E-state index contributed by atoms with van der Waals surface area (Å²) in [6, 6.07) is 45.5. The van der Waals surface area contributed by atoms with Gasteiger partial charge < -0.3 is 0 Å². The number of rotatable bonds is 27. The van der Waals surface area contributed by atoms with Crippen LogP contribution in [0, 0.1) is 5.82 Å². The Hall–Kier alpha value is -1.72. The summed E-state index contributed by atoms with van der Waals surface area (Å²) in [5.74, 6) is -0.0885. The Labute approximate surface area is 368 Å². The van der Waals surface area contributed by atoms with E-state index in [1.54, 1.807) is 16.4 Å². The maximum atomic E-state index is 16.4. The SMILES string of the molecule is CCCC[Si](CCCC)(CCCC)c1ccc(P(c2ccccc2F)N(C)P(c2ccc([Si](CCCC)(CCCC)CCCC)cc2)c2ccccc2[Si](C)(C)C)cc1. The Kier molecular flexibility index (Phi) is 21.0. The number of hydrogen-bond donors (Lipinski definition) is 0. The average Bonchev–Trinajstić information content (AvgIpc) is 3.24. The predicted octanol–water partition coefficient (Wildman–Crippen LogP) is 13.8. The molecule has 0 radical (unpaired) electrons. The second-order valence-electron chi connectivity index (χ2n) is 18.6. The zero-order chi connectivity index (χ0) is 42.9. The van der Waals surface area contributed by atoms with Crippen LogP contribution in [0.3, 0.4) is 0 Å². The summed E-state index contributed by atoms with van der Waals surface area (Å²) in [7, 11) is -4.90. The van der Waals surface area contributed by atoms with Crippen LogP contribution in [0.1, 0.15) is 119 Å². The second kappa shape index (κ2) is 24.8. The molecule has 0 N–H and O–H groups in total. The summed E-state index contributed by atoms with van der Waals surface area (Å²) in [5, 5.41) is 9.77. The van der Waals surface area contributed by atoms with Crippen LogP contribution in [0.2, 0.25) is 55.9 Å². The van der Waals surface area contributed by atoms with E-state index in [1.165, 1.54) is 134 Å². The van der Waals surface area contributed by atoms with Crippen LogP contribution in [0.4, 0.5) is 4.39 Å². The van der Waals surface area contributed by atoms with Crippen LogP contribution >= 0.6 is 16.1 Å². The quantitative estimate of drug-likeness (QED) is 0.0426. The normalized spacial score (nSPS) is 13.6. The van der Waals surface area contributed by atoms with Gasteiger partial charge in [0, 0.05) is 21.4 Å². The molecular formula is C52H82FNP2Si3. The first-order valence-electron chi connectivity index (χ1n) is 23.8. The molecule has 0 spiro atoms. The van der Waals surface area contributed by atoms with Gasteiger partial charge in [-0.05, 0) is 35.1 Å². The Morgan fingerprint density at radius 1 is 0.441 bits per heavy atom. The number of nitrogens with zero attached hydrogens (tertiary/aromatic N) is 1. The molecule has 2 atom stereocenters. The van der Waals surface area contributed by atoms with Crippen LogP contribution in [0.25, 0.3) is 0 Å². The second-order valence-corrected chi connectivity index (χ2v) is 37.7. The van der Waals surface area contributed by atoms with Crippen molar-refractivity contribution < 1.29 is 4.39 Å². The lowest BCUT2D eigenvalue weighted by molar-refractivity contribution is 0.635. The van der Waals surface area contributed by atoms with E-state index in [-0.39, 0.29) is 5.82 Å². The molecule has 0 heterocycles. The Morgan fingerprint density at radius 2 is 0.763 bits per heavy atom. The van der Waals surface area contributed by atoms with Crippen molar-refractivity contribution in [3.8, 4) is 0 Å². The fraction of sp³-hybridized carbons (Fsp3) is 0.538. The van der Waals surface area contributed by atoms with Crippen LogP contribution in [0.15, 0.2) is 97.1 Å². The minimum absolute atomic E-state index is 0.0885. The zero-order valence-corrected chi connectivity index (χ0v) is 44.0. The van der Waals surface area contributed by atoms with Gasteiger partial charge in [0.1, 0.15) is 5.82 Å². The Morgan fingerprint density at radius 3 is 1.10 bits per heavy atom. The van der Waals surface area contributed by atoms with Crippen molar-refractivity contribution in [3.63, 3.8) is 0 Å². The molecule has 4 aromatic carbocycles. The molecule has 1 nitrogen and oxygen atoms in total. The molecule has 59 heavy (non-hydrogen) atoms. The third kappa shape index (κ3) is 13.2. The molecule has 2 unspecified atom stereocenters. The molecule has 0 aliphatic heterocycles. The number of benzene rings is 4. The van der Waals surface area contributed by atoms with Crippen molar-refractivity contribution in [3.05, 3.63) is 103 Å². The maximum Gasteiger partial charge on any atom is 0.132 e. The molecule has 0 saturated carbocycles. The lowest BCUT2D eigenvalue weighted by Gasteiger charge is -2.39. The highest BCUT2D eigenvalue weighted by atomic mass is 31.2. The molecule has 324 valence electrons. The number of halogens is 1. The molecule has 4 rings (SSSR count). The zero-order valence-electron chi connectivity index (χ0n) is 39.2. The fourth-order valence-electron chi connectivity index (χ4n) is 9.55. The van der Waals surface area contributed by atoms with Crippen LogP contribution in [-0.4, -0.2) is 35.7 Å². The highest BCUT2D eigenvalue weighted by Crippen LogP contribution is 2.53.